The number of hydrogen-bond acceptors (Lipinski definition) is 2. The zero-order valence-electron chi connectivity index (χ0n) is 13.1. The van der Waals surface area contributed by atoms with Gasteiger partial charge in [0, 0.05) is 5.56 Å². The van der Waals surface area contributed by atoms with Crippen molar-refractivity contribution >= 4 is 5.97 Å². The third-order valence-corrected chi connectivity index (χ3v) is 4.15. The van der Waals surface area contributed by atoms with E-state index >= 15 is 0 Å². The quantitative estimate of drug-likeness (QED) is 0.756. The van der Waals surface area contributed by atoms with Crippen molar-refractivity contribution in [1.29, 1.82) is 0 Å². The smallest absolute Gasteiger partial charge is 0.345 e. The molecule has 24 heavy (non-hydrogen) atoms. The molecule has 0 heterocycles. The van der Waals surface area contributed by atoms with Crippen LogP contribution in [0.1, 0.15) is 22.3 Å². The first-order valence-electron chi connectivity index (χ1n) is 7.76. The highest BCUT2D eigenvalue weighted by Crippen LogP contribution is 2.33. The van der Waals surface area contributed by atoms with Gasteiger partial charge < -0.3 is 10.2 Å². The Morgan fingerprint density at radius 1 is 0.792 bits per heavy atom. The summed E-state index contributed by atoms with van der Waals surface area (Å²) in [5.41, 5.74) is 0.515. The van der Waals surface area contributed by atoms with Crippen LogP contribution in [0.4, 0.5) is 0 Å². The predicted molar refractivity (Wildman–Crippen MR) is 92.8 cm³/mol. The summed E-state index contributed by atoms with van der Waals surface area (Å²) in [6.07, 6.45) is 0.555. The molecule has 0 aliphatic heterocycles. The Bertz CT molecular complexity index is 828. The van der Waals surface area contributed by atoms with Crippen molar-refractivity contribution in [3.63, 3.8) is 0 Å². The fourth-order valence-electron chi connectivity index (χ4n) is 2.92. The largest absolute Gasteiger partial charge is 0.479 e. The standard InChI is InChI=1S/C21H18O3/c22-20(23)21(24,18-12-5-2-6-13-18)19-14-8-7-11-17(19)15-16-9-3-1-4-10-16/h1-14,24H,15H2,(H,22,23). The molecule has 3 heteroatoms. The minimum atomic E-state index is -2.08. The summed E-state index contributed by atoms with van der Waals surface area (Å²) in [4.78, 5) is 12.0. The molecule has 0 amide bonds. The third kappa shape index (κ3) is 2.94. The number of benzene rings is 3. The first-order valence-corrected chi connectivity index (χ1v) is 7.76. The lowest BCUT2D eigenvalue weighted by Gasteiger charge is -2.27. The van der Waals surface area contributed by atoms with Crippen LogP contribution in [0.3, 0.4) is 0 Å². The van der Waals surface area contributed by atoms with Crippen molar-refractivity contribution in [2.75, 3.05) is 0 Å². The summed E-state index contributed by atoms with van der Waals surface area (Å²) in [5, 5.41) is 20.9. The summed E-state index contributed by atoms with van der Waals surface area (Å²) in [6, 6.07) is 25.4. The Labute approximate surface area is 140 Å². The molecule has 0 saturated heterocycles. The highest BCUT2D eigenvalue weighted by atomic mass is 16.4. The molecule has 0 aliphatic rings. The SMILES string of the molecule is O=C(O)C(O)(c1ccccc1)c1ccccc1Cc1ccccc1. The molecule has 2 N–H and O–H groups in total. The van der Waals surface area contributed by atoms with Crippen molar-refractivity contribution in [2.24, 2.45) is 0 Å². The maximum absolute atomic E-state index is 12.0. The summed E-state index contributed by atoms with van der Waals surface area (Å²) in [7, 11) is 0. The van der Waals surface area contributed by atoms with Crippen molar-refractivity contribution in [2.45, 2.75) is 12.0 Å². The molecule has 0 fully saturated rings. The minimum absolute atomic E-state index is 0.345. The molecule has 3 nitrogen and oxygen atoms in total. The molecule has 0 bridgehead atoms. The van der Waals surface area contributed by atoms with Crippen LogP contribution in [-0.2, 0) is 16.8 Å². The van der Waals surface area contributed by atoms with E-state index in [1.165, 1.54) is 0 Å². The number of aliphatic hydroxyl groups is 1. The molecular formula is C21H18O3. The molecule has 0 spiro atoms. The maximum atomic E-state index is 12.0. The second-order valence-corrected chi connectivity index (χ2v) is 5.70. The van der Waals surface area contributed by atoms with Gasteiger partial charge in [-0.05, 0) is 23.1 Å². The number of carboxylic acids is 1. The van der Waals surface area contributed by atoms with Gasteiger partial charge in [0.05, 0.1) is 0 Å². The van der Waals surface area contributed by atoms with Crippen LogP contribution in [0.5, 0.6) is 0 Å². The van der Waals surface area contributed by atoms with Gasteiger partial charge in [0.2, 0.25) is 5.60 Å². The van der Waals surface area contributed by atoms with Crippen molar-refractivity contribution in [3.8, 4) is 0 Å². The molecule has 1 atom stereocenters. The fraction of sp³-hybridized carbons (Fsp3) is 0.0952. The second-order valence-electron chi connectivity index (χ2n) is 5.70. The lowest BCUT2D eigenvalue weighted by atomic mass is 9.82. The molecule has 0 radical (unpaired) electrons. The van der Waals surface area contributed by atoms with Crippen LogP contribution in [-0.4, -0.2) is 16.2 Å². The van der Waals surface area contributed by atoms with Crippen LogP contribution in [0.2, 0.25) is 0 Å². The molecule has 0 saturated carbocycles. The lowest BCUT2D eigenvalue weighted by molar-refractivity contribution is -0.155. The number of rotatable bonds is 5. The van der Waals surface area contributed by atoms with Gasteiger partial charge in [-0.25, -0.2) is 4.79 Å². The van der Waals surface area contributed by atoms with Crippen LogP contribution >= 0.6 is 0 Å². The number of carboxylic acid groups (broad SMARTS) is 1. The van der Waals surface area contributed by atoms with Crippen LogP contribution in [0, 0.1) is 0 Å². The van der Waals surface area contributed by atoms with Gasteiger partial charge in [0.15, 0.2) is 0 Å². The first-order chi connectivity index (χ1) is 11.6. The van der Waals surface area contributed by atoms with E-state index in [9.17, 15) is 15.0 Å². The predicted octanol–water partition coefficient (Wildman–Crippen LogP) is 3.60. The van der Waals surface area contributed by atoms with E-state index in [0.29, 0.717) is 17.5 Å². The Kier molecular flexibility index (Phi) is 4.45. The van der Waals surface area contributed by atoms with E-state index in [0.717, 1.165) is 11.1 Å². The van der Waals surface area contributed by atoms with E-state index in [4.69, 9.17) is 0 Å². The van der Waals surface area contributed by atoms with E-state index < -0.39 is 11.6 Å². The maximum Gasteiger partial charge on any atom is 0.345 e. The Morgan fingerprint density at radius 2 is 1.33 bits per heavy atom. The highest BCUT2D eigenvalue weighted by Gasteiger charge is 2.41. The van der Waals surface area contributed by atoms with Gasteiger partial charge in [-0.2, -0.15) is 0 Å². The van der Waals surface area contributed by atoms with Crippen molar-refractivity contribution in [3.05, 3.63) is 107 Å². The Morgan fingerprint density at radius 3 is 1.96 bits per heavy atom. The molecule has 120 valence electrons. The normalized spacial score (nSPS) is 13.2. The van der Waals surface area contributed by atoms with Gasteiger partial charge in [0.25, 0.3) is 0 Å². The fourth-order valence-corrected chi connectivity index (χ4v) is 2.92. The van der Waals surface area contributed by atoms with E-state index in [1.54, 1.807) is 42.5 Å². The van der Waals surface area contributed by atoms with Crippen LogP contribution in [0.25, 0.3) is 0 Å². The number of aliphatic carboxylic acids is 1. The summed E-state index contributed by atoms with van der Waals surface area (Å²) >= 11 is 0. The van der Waals surface area contributed by atoms with Gasteiger partial charge >= 0.3 is 5.97 Å². The van der Waals surface area contributed by atoms with Gasteiger partial charge in [-0.1, -0.05) is 84.9 Å². The van der Waals surface area contributed by atoms with Crippen molar-refractivity contribution in [1.82, 2.24) is 0 Å². The zero-order chi connectivity index (χ0) is 17.0. The first kappa shape index (κ1) is 16.0. The topological polar surface area (TPSA) is 57.5 Å². The van der Waals surface area contributed by atoms with E-state index in [-0.39, 0.29) is 0 Å². The average molecular weight is 318 g/mol. The van der Waals surface area contributed by atoms with Gasteiger partial charge in [0.1, 0.15) is 0 Å². The minimum Gasteiger partial charge on any atom is -0.479 e. The number of carbonyl (C=O) groups is 1. The van der Waals surface area contributed by atoms with Gasteiger partial charge in [-0.3, -0.25) is 0 Å². The monoisotopic (exact) mass is 318 g/mol. The van der Waals surface area contributed by atoms with E-state index in [2.05, 4.69) is 0 Å². The van der Waals surface area contributed by atoms with Crippen LogP contribution < -0.4 is 0 Å². The molecule has 1 unspecified atom stereocenters. The lowest BCUT2D eigenvalue weighted by Crippen LogP contribution is -2.37. The molecule has 3 aromatic carbocycles. The molecule has 0 aromatic heterocycles. The summed E-state index contributed by atoms with van der Waals surface area (Å²) in [6.45, 7) is 0. The second kappa shape index (κ2) is 6.69. The molecule has 3 aromatic rings. The summed E-state index contributed by atoms with van der Waals surface area (Å²) in [5.74, 6) is -1.28. The molecule has 3 rings (SSSR count). The highest BCUT2D eigenvalue weighted by molar-refractivity contribution is 5.84. The Balaban J connectivity index is 2.12. The third-order valence-electron chi connectivity index (χ3n) is 4.15. The molecule has 0 aliphatic carbocycles. The molecular weight excluding hydrogens is 300 g/mol. The van der Waals surface area contributed by atoms with Crippen LogP contribution in [0.15, 0.2) is 84.9 Å². The van der Waals surface area contributed by atoms with Crippen molar-refractivity contribution < 1.29 is 15.0 Å². The van der Waals surface area contributed by atoms with E-state index in [1.807, 2.05) is 42.5 Å². The van der Waals surface area contributed by atoms with Gasteiger partial charge in [-0.15, -0.1) is 0 Å². The average Bonchev–Trinajstić information content (AvgIpc) is 2.63. The summed E-state index contributed by atoms with van der Waals surface area (Å²) < 4.78 is 0. The zero-order valence-corrected chi connectivity index (χ0v) is 13.1. The number of hydrogen-bond donors (Lipinski definition) is 2. The Hall–Kier alpha value is -2.91.